The van der Waals surface area contributed by atoms with Gasteiger partial charge in [-0.2, -0.15) is 0 Å². The summed E-state index contributed by atoms with van der Waals surface area (Å²) in [5.41, 5.74) is 2.49. The number of ether oxygens (including phenoxy) is 1. The van der Waals surface area contributed by atoms with Gasteiger partial charge >= 0.3 is 0 Å². The van der Waals surface area contributed by atoms with Crippen LogP contribution in [0.4, 0.5) is 0 Å². The fourth-order valence-electron chi connectivity index (χ4n) is 4.06. The first-order valence-corrected chi connectivity index (χ1v) is 11.1. The zero-order valence-electron chi connectivity index (χ0n) is 17.7. The summed E-state index contributed by atoms with van der Waals surface area (Å²) in [4.78, 5) is 22.7. The number of aryl methyl sites for hydroxylation is 2. The lowest BCUT2D eigenvalue weighted by Gasteiger charge is -2.18. The summed E-state index contributed by atoms with van der Waals surface area (Å²) in [5, 5.41) is 0.843. The van der Waals surface area contributed by atoms with Gasteiger partial charge in [-0.25, -0.2) is 4.98 Å². The molecule has 2 aromatic heterocycles. The molecule has 0 amide bonds. The molecule has 0 bridgehead atoms. The van der Waals surface area contributed by atoms with E-state index in [1.54, 1.807) is 11.3 Å². The molecule has 1 unspecified atom stereocenters. The minimum absolute atomic E-state index is 0.0896. The highest BCUT2D eigenvalue weighted by molar-refractivity contribution is 7.18. The van der Waals surface area contributed by atoms with Crippen LogP contribution in [0.1, 0.15) is 35.2 Å². The maximum atomic E-state index is 13.5. The van der Waals surface area contributed by atoms with Crippen LogP contribution in [0, 0.1) is 12.8 Å². The molecule has 29 heavy (non-hydrogen) atoms. The average molecular weight is 412 g/mol. The van der Waals surface area contributed by atoms with Crippen molar-refractivity contribution in [2.24, 2.45) is 5.92 Å². The van der Waals surface area contributed by atoms with E-state index in [1.807, 2.05) is 49.9 Å². The minimum atomic E-state index is 0.0896. The second-order valence-electron chi connectivity index (χ2n) is 8.42. The summed E-state index contributed by atoms with van der Waals surface area (Å²) in [7, 11) is 4.01. The molecule has 0 saturated carbocycles. The van der Waals surface area contributed by atoms with Gasteiger partial charge in [0.2, 0.25) is 0 Å². The van der Waals surface area contributed by atoms with Crippen molar-refractivity contribution in [3.05, 3.63) is 56.4 Å². The highest BCUT2D eigenvalue weighted by atomic mass is 32.1. The van der Waals surface area contributed by atoms with Crippen LogP contribution in [-0.2, 0) is 25.9 Å². The second-order valence-corrected chi connectivity index (χ2v) is 9.50. The molecule has 0 radical (unpaired) electrons. The lowest BCUT2D eigenvalue weighted by atomic mass is 9.89. The summed E-state index contributed by atoms with van der Waals surface area (Å²) >= 11 is 1.72. The second kappa shape index (κ2) is 8.28. The first-order chi connectivity index (χ1) is 13.9. The minimum Gasteiger partial charge on any atom is -0.492 e. The molecule has 0 aliphatic heterocycles. The Morgan fingerprint density at radius 1 is 1.34 bits per heavy atom. The molecule has 154 valence electrons. The number of fused-ring (bicyclic) bond motifs is 3. The Morgan fingerprint density at radius 3 is 2.93 bits per heavy atom. The zero-order chi connectivity index (χ0) is 20.5. The highest BCUT2D eigenvalue weighted by Gasteiger charge is 2.24. The summed E-state index contributed by atoms with van der Waals surface area (Å²) in [5.74, 6) is 2.33. The number of rotatable bonds is 6. The summed E-state index contributed by atoms with van der Waals surface area (Å²) in [6.45, 7) is 5.92. The van der Waals surface area contributed by atoms with Gasteiger partial charge in [0.25, 0.3) is 5.56 Å². The van der Waals surface area contributed by atoms with E-state index in [4.69, 9.17) is 9.72 Å². The summed E-state index contributed by atoms with van der Waals surface area (Å²) < 4.78 is 7.75. The predicted molar refractivity (Wildman–Crippen MR) is 119 cm³/mol. The molecular weight excluding hydrogens is 382 g/mol. The third kappa shape index (κ3) is 4.23. The van der Waals surface area contributed by atoms with Crippen molar-refractivity contribution in [1.82, 2.24) is 14.5 Å². The molecule has 1 aliphatic rings. The third-order valence-corrected chi connectivity index (χ3v) is 6.67. The Kier molecular flexibility index (Phi) is 5.74. The lowest BCUT2D eigenvalue weighted by Crippen LogP contribution is -2.30. The molecule has 0 N–H and O–H groups in total. The maximum absolute atomic E-state index is 13.5. The van der Waals surface area contributed by atoms with Gasteiger partial charge in [0.15, 0.2) is 0 Å². The Hall–Kier alpha value is -2.18. The first-order valence-electron chi connectivity index (χ1n) is 10.3. The molecule has 6 heteroatoms. The van der Waals surface area contributed by atoms with Crippen molar-refractivity contribution in [3.8, 4) is 5.75 Å². The van der Waals surface area contributed by atoms with Gasteiger partial charge in [-0.3, -0.25) is 9.36 Å². The Bertz CT molecular complexity index is 1080. The SMILES string of the molecule is Cc1cccc(OCCn2c(CN(C)C)nc3sc4c(c3c2=O)CCC(C)C4)c1. The van der Waals surface area contributed by atoms with E-state index in [9.17, 15) is 4.79 Å². The van der Waals surface area contributed by atoms with Crippen molar-refractivity contribution in [3.63, 3.8) is 0 Å². The van der Waals surface area contributed by atoms with Gasteiger partial charge < -0.3 is 9.64 Å². The fourth-order valence-corrected chi connectivity index (χ4v) is 5.45. The van der Waals surface area contributed by atoms with E-state index >= 15 is 0 Å². The van der Waals surface area contributed by atoms with Crippen LogP contribution in [0.15, 0.2) is 29.1 Å². The molecule has 0 fully saturated rings. The molecule has 1 aliphatic carbocycles. The van der Waals surface area contributed by atoms with Gasteiger partial charge in [-0.1, -0.05) is 19.1 Å². The molecule has 5 nitrogen and oxygen atoms in total. The molecule has 0 spiro atoms. The first kappa shape index (κ1) is 20.1. The normalized spacial score (nSPS) is 16.4. The van der Waals surface area contributed by atoms with E-state index in [2.05, 4.69) is 11.8 Å². The smallest absolute Gasteiger partial charge is 0.262 e. The standard InChI is InChI=1S/C23H29N3O2S/c1-15-6-5-7-17(12-15)28-11-10-26-20(14-25(3)4)24-22-21(23(26)27)18-9-8-16(2)13-19(18)29-22/h5-7,12,16H,8-11,13-14H2,1-4H3. The highest BCUT2D eigenvalue weighted by Crippen LogP contribution is 2.35. The van der Waals surface area contributed by atoms with E-state index in [-0.39, 0.29) is 5.56 Å². The van der Waals surface area contributed by atoms with E-state index in [0.29, 0.717) is 25.6 Å². The van der Waals surface area contributed by atoms with E-state index < -0.39 is 0 Å². The Labute approximate surface area is 176 Å². The molecule has 1 aromatic carbocycles. The summed E-state index contributed by atoms with van der Waals surface area (Å²) in [6.07, 6.45) is 3.20. The Morgan fingerprint density at radius 2 is 2.17 bits per heavy atom. The van der Waals surface area contributed by atoms with Crippen LogP contribution in [0.5, 0.6) is 5.75 Å². The van der Waals surface area contributed by atoms with Gasteiger partial charge in [-0.05, 0) is 69.5 Å². The van der Waals surface area contributed by atoms with Crippen molar-refractivity contribution in [2.75, 3.05) is 20.7 Å². The van der Waals surface area contributed by atoms with E-state index in [1.165, 1.54) is 10.4 Å². The van der Waals surface area contributed by atoms with Gasteiger partial charge in [0.1, 0.15) is 23.0 Å². The Balaban J connectivity index is 1.68. The molecule has 4 rings (SSSR count). The van der Waals surface area contributed by atoms with Crippen LogP contribution in [0.2, 0.25) is 0 Å². The molecule has 2 heterocycles. The predicted octanol–water partition coefficient (Wildman–Crippen LogP) is 4.03. The molecule has 3 aromatic rings. The van der Waals surface area contributed by atoms with Crippen LogP contribution < -0.4 is 10.3 Å². The maximum Gasteiger partial charge on any atom is 0.262 e. The number of benzene rings is 1. The third-order valence-electron chi connectivity index (χ3n) is 5.53. The monoisotopic (exact) mass is 411 g/mol. The van der Waals surface area contributed by atoms with Crippen molar-refractivity contribution in [1.29, 1.82) is 0 Å². The van der Waals surface area contributed by atoms with Crippen LogP contribution in [0.3, 0.4) is 0 Å². The van der Waals surface area contributed by atoms with Gasteiger partial charge in [-0.15, -0.1) is 11.3 Å². The zero-order valence-corrected chi connectivity index (χ0v) is 18.5. The number of thiophene rings is 1. The number of hydrogen-bond donors (Lipinski definition) is 0. The molecule has 1 atom stereocenters. The molecular formula is C23H29N3O2S. The van der Waals surface area contributed by atoms with Gasteiger partial charge in [0.05, 0.1) is 18.5 Å². The average Bonchev–Trinajstić information content (AvgIpc) is 3.01. The van der Waals surface area contributed by atoms with Gasteiger partial charge in [0, 0.05) is 4.88 Å². The van der Waals surface area contributed by atoms with Crippen LogP contribution in [-0.4, -0.2) is 35.2 Å². The number of hydrogen-bond acceptors (Lipinski definition) is 5. The number of nitrogens with zero attached hydrogens (tertiary/aromatic N) is 3. The van der Waals surface area contributed by atoms with Crippen molar-refractivity contribution < 1.29 is 4.74 Å². The summed E-state index contributed by atoms with van der Waals surface area (Å²) in [6, 6.07) is 8.00. The lowest BCUT2D eigenvalue weighted by molar-refractivity contribution is 0.287. The van der Waals surface area contributed by atoms with Crippen molar-refractivity contribution >= 4 is 21.6 Å². The van der Waals surface area contributed by atoms with E-state index in [0.717, 1.165) is 46.6 Å². The largest absolute Gasteiger partial charge is 0.492 e. The molecule has 0 saturated heterocycles. The topological polar surface area (TPSA) is 47.4 Å². The van der Waals surface area contributed by atoms with Crippen LogP contribution in [0.25, 0.3) is 10.2 Å². The number of aromatic nitrogens is 2. The fraction of sp³-hybridized carbons (Fsp3) is 0.478. The quantitative estimate of drug-likeness (QED) is 0.614. The van der Waals surface area contributed by atoms with Crippen LogP contribution >= 0.6 is 11.3 Å². The van der Waals surface area contributed by atoms with Crippen molar-refractivity contribution in [2.45, 2.75) is 46.2 Å².